The van der Waals surface area contributed by atoms with Crippen LogP contribution in [0.25, 0.3) is 0 Å². The van der Waals surface area contributed by atoms with Gasteiger partial charge in [-0.05, 0) is 0 Å². The Morgan fingerprint density at radius 3 is 0.571 bits per heavy atom. The maximum atomic E-state index is 8.66. The first-order valence-corrected chi connectivity index (χ1v) is 5.74. The van der Waals surface area contributed by atoms with Crippen LogP contribution in [0.15, 0.2) is 0 Å². The Morgan fingerprint density at radius 1 is 0.571 bits per heavy atom. The Morgan fingerprint density at radius 2 is 0.571 bits per heavy atom. The summed E-state index contributed by atoms with van der Waals surface area (Å²) in [7, 11) is 0. The first-order chi connectivity index (χ1) is 2.45. The predicted molar refractivity (Wildman–Crippen MR) is 4.12 cm³/mol. The molecule has 0 aliphatic heterocycles. The molecule has 0 unspecified atom stereocenters. The summed E-state index contributed by atoms with van der Waals surface area (Å²) in [6.07, 6.45) is 0. The second-order valence-corrected chi connectivity index (χ2v) is 5.86. The van der Waals surface area contributed by atoms with Gasteiger partial charge in [0.1, 0.15) is 0 Å². The number of hydrogen-bond donors (Lipinski definition) is 0. The van der Waals surface area contributed by atoms with Gasteiger partial charge >= 0.3 is 35.2 Å². The van der Waals surface area contributed by atoms with Crippen molar-refractivity contribution in [1.29, 1.82) is 0 Å². The standard InChI is InChI=1S/Dy.6O. The predicted octanol–water partition coefficient (Wildman–Crippen LogP) is -0.713. The maximum absolute atomic E-state index is 9.62. The molecule has 0 saturated carbocycles. The van der Waals surface area contributed by atoms with Gasteiger partial charge in [0.05, 0.1) is 0 Å². The first kappa shape index (κ1) is 7.07. The van der Waals surface area contributed by atoms with Crippen LogP contribution in [-0.4, -0.2) is 0 Å². The van der Waals surface area contributed by atoms with Crippen LogP contribution >= 0.6 is 0 Å². The molecule has 0 rings (SSSR count). The minimum absolute atomic E-state index is 8.66. The minimum atomic E-state index is -9.62. The zero-order valence-electron chi connectivity index (χ0n) is 2.77. The molecule has 0 N–H and O–H groups in total. The van der Waals surface area contributed by atoms with E-state index in [1.165, 1.54) is 0 Å². The quantitative estimate of drug-likeness (QED) is 0.568. The monoisotopic (exact) mass is 260 g/mol. The van der Waals surface area contributed by atoms with Gasteiger partial charge in [0.2, 0.25) is 0 Å². The van der Waals surface area contributed by atoms with Crippen LogP contribution in [0.5, 0.6) is 0 Å². The van der Waals surface area contributed by atoms with Crippen LogP contribution in [0.1, 0.15) is 0 Å². The van der Waals surface area contributed by atoms with Crippen LogP contribution < -0.4 is 0 Å². The molecule has 7 heteroatoms. The van der Waals surface area contributed by atoms with Gasteiger partial charge in [0.15, 0.2) is 0 Å². The Balaban J connectivity index is 8.86. The van der Waals surface area contributed by atoms with Gasteiger partial charge in [-0.3, -0.25) is 0 Å². The van der Waals surface area contributed by atoms with Crippen molar-refractivity contribution < 1.29 is 35.2 Å². The molecule has 0 spiro atoms. The van der Waals surface area contributed by atoms with Gasteiger partial charge in [-0.2, -0.15) is 0 Å². The van der Waals surface area contributed by atoms with Crippen LogP contribution in [0.2, 0.25) is 0 Å². The van der Waals surface area contributed by atoms with Crippen LogP contribution in [0.4, 0.5) is 0 Å². The second-order valence-electron chi connectivity index (χ2n) is 0.791. The SMILES string of the molecule is [O]=[Dy](=[O])(=[O])(=[O])(=[O])=[O]. The fourth-order valence-corrected chi connectivity index (χ4v) is 0. The molecule has 6 nitrogen and oxygen atoms in total. The van der Waals surface area contributed by atoms with Crippen molar-refractivity contribution >= 4 is 0 Å². The molecule has 0 aromatic carbocycles. The van der Waals surface area contributed by atoms with E-state index in [4.69, 9.17) is 8.28 Å². The molecule has 0 amide bonds. The van der Waals surface area contributed by atoms with E-state index in [0.29, 0.717) is 0 Å². The molecule has 46 valence electrons. The molecule has 0 saturated heterocycles. The zero-order chi connectivity index (χ0) is 6.41. The van der Waals surface area contributed by atoms with Crippen LogP contribution in [0.3, 0.4) is 0 Å². The van der Waals surface area contributed by atoms with Crippen LogP contribution in [-0.2, 0) is 8.28 Å². The molecular weight excluding hydrogens is 258 g/mol. The number of hydrogen-bond acceptors (Lipinski definition) is 6. The van der Waals surface area contributed by atoms with E-state index in [1.54, 1.807) is 0 Å². The van der Waals surface area contributed by atoms with Gasteiger partial charge in [0.25, 0.3) is 0 Å². The molecule has 0 aliphatic rings. The third kappa shape index (κ3) is 19000. The molecule has 0 aromatic rings. The summed E-state index contributed by atoms with van der Waals surface area (Å²) in [5.41, 5.74) is 0. The molecule has 7 heavy (non-hydrogen) atoms. The molecule has 0 radical (unpaired) electrons. The molecule has 0 aliphatic carbocycles. The average Bonchev–Trinajstić information content (AvgIpc) is 0.592. The average molecular weight is 258 g/mol. The second kappa shape index (κ2) is 0.688. The topological polar surface area (TPSA) is 102 Å². The van der Waals surface area contributed by atoms with Crippen molar-refractivity contribution in [3.8, 4) is 0 Å². The van der Waals surface area contributed by atoms with E-state index in [-0.39, 0.29) is 0 Å². The molecule has 0 bridgehead atoms. The summed E-state index contributed by atoms with van der Waals surface area (Å²) >= 11 is -9.62. The normalized spacial score (nSPS) is 22.3. The molecule has 0 heterocycles. The van der Waals surface area contributed by atoms with Gasteiger partial charge < -0.3 is 0 Å². The van der Waals surface area contributed by atoms with Gasteiger partial charge in [-0.15, -0.1) is 0 Å². The Bertz CT molecular complexity index is 432. The fourth-order valence-electron chi connectivity index (χ4n) is 0. The molecule has 0 aromatic heterocycles. The van der Waals surface area contributed by atoms with Crippen molar-refractivity contribution in [2.24, 2.45) is 0 Å². The van der Waals surface area contributed by atoms with Gasteiger partial charge in [-0.25, -0.2) is 0 Å². The molecule has 0 fully saturated rings. The molecule has 0 atom stereocenters. The van der Waals surface area contributed by atoms with Crippen molar-refractivity contribution in [2.45, 2.75) is 0 Å². The van der Waals surface area contributed by atoms with Gasteiger partial charge in [0, 0.05) is 0 Å². The van der Waals surface area contributed by atoms with E-state index in [2.05, 4.69) is 0 Å². The van der Waals surface area contributed by atoms with E-state index in [9.17, 15) is 0 Å². The van der Waals surface area contributed by atoms with E-state index < -0.39 is 27.0 Å². The third-order valence-electron chi connectivity index (χ3n) is 0. The summed E-state index contributed by atoms with van der Waals surface area (Å²) in [6.45, 7) is 0. The van der Waals surface area contributed by atoms with Crippen LogP contribution in [0, 0.1) is 27.0 Å². The Kier molecular flexibility index (Phi) is 0.695. The van der Waals surface area contributed by atoms with E-state index in [0.717, 1.165) is 0 Å². The summed E-state index contributed by atoms with van der Waals surface area (Å²) in [5, 5.41) is 0. The summed E-state index contributed by atoms with van der Waals surface area (Å²) in [4.78, 5) is 0. The Hall–Kier alpha value is 0.0727. The first-order valence-electron chi connectivity index (χ1n) is 0.775. The van der Waals surface area contributed by atoms with Crippen molar-refractivity contribution in [2.75, 3.05) is 0 Å². The van der Waals surface area contributed by atoms with Crippen molar-refractivity contribution in [3.63, 3.8) is 0 Å². The van der Waals surface area contributed by atoms with E-state index in [1.807, 2.05) is 0 Å². The molecular formula is DyO6. The third-order valence-corrected chi connectivity index (χ3v) is 0. The summed E-state index contributed by atoms with van der Waals surface area (Å²) < 4.78 is 52.0. The van der Waals surface area contributed by atoms with E-state index >= 15 is 0 Å². The summed E-state index contributed by atoms with van der Waals surface area (Å²) in [5.74, 6) is 0. The fraction of sp³-hybridized carbons (Fsp3) is 0. The zero-order valence-corrected chi connectivity index (χ0v) is 4.79. The number of rotatable bonds is 0. The van der Waals surface area contributed by atoms with Crippen molar-refractivity contribution in [1.82, 2.24) is 0 Å². The Labute approximate surface area is 35.0 Å². The summed E-state index contributed by atoms with van der Waals surface area (Å²) in [6, 6.07) is 0. The van der Waals surface area contributed by atoms with Gasteiger partial charge in [-0.1, -0.05) is 0 Å². The van der Waals surface area contributed by atoms with Crippen molar-refractivity contribution in [3.05, 3.63) is 0 Å².